The Morgan fingerprint density at radius 1 is 1.40 bits per heavy atom. The van der Waals surface area contributed by atoms with Gasteiger partial charge in [-0.1, -0.05) is 12.1 Å². The first-order chi connectivity index (χ1) is 9.39. The number of sulfone groups is 1. The van der Waals surface area contributed by atoms with Crippen LogP contribution in [0, 0.1) is 0 Å². The molecule has 0 aliphatic heterocycles. The van der Waals surface area contributed by atoms with Crippen molar-refractivity contribution in [2.75, 3.05) is 24.9 Å². The van der Waals surface area contributed by atoms with Gasteiger partial charge in [0.25, 0.3) is 0 Å². The van der Waals surface area contributed by atoms with E-state index in [1.807, 2.05) is 24.3 Å². The Bertz CT molecular complexity index is 707. The van der Waals surface area contributed by atoms with E-state index in [9.17, 15) is 8.42 Å². The molecular formula is C13H17N3O3S. The van der Waals surface area contributed by atoms with E-state index in [2.05, 4.69) is 5.10 Å². The lowest BCUT2D eigenvalue weighted by molar-refractivity contribution is 0.415. The van der Waals surface area contributed by atoms with Crippen LogP contribution in [-0.4, -0.2) is 37.3 Å². The standard InChI is InChI=1S/C13H17N3O3S/c1-19-11-5-3-4-10(8-11)13-12(14)9-16(15-13)6-7-20(2,17)18/h3-5,8-9H,6-7,14H2,1-2H3. The van der Waals surface area contributed by atoms with Gasteiger partial charge in [0.05, 0.1) is 25.1 Å². The van der Waals surface area contributed by atoms with E-state index in [1.54, 1.807) is 18.0 Å². The predicted octanol–water partition coefficient (Wildman–Crippen LogP) is 1.19. The topological polar surface area (TPSA) is 87.2 Å². The highest BCUT2D eigenvalue weighted by Crippen LogP contribution is 2.26. The zero-order valence-electron chi connectivity index (χ0n) is 11.4. The molecule has 1 heterocycles. The van der Waals surface area contributed by atoms with Crippen LogP contribution >= 0.6 is 0 Å². The molecule has 6 nitrogen and oxygen atoms in total. The van der Waals surface area contributed by atoms with Crippen LogP contribution in [0.2, 0.25) is 0 Å². The minimum atomic E-state index is -3.02. The molecule has 0 fully saturated rings. The van der Waals surface area contributed by atoms with E-state index in [0.717, 1.165) is 5.56 Å². The van der Waals surface area contributed by atoms with Crippen molar-refractivity contribution < 1.29 is 13.2 Å². The quantitative estimate of drug-likeness (QED) is 0.895. The molecular weight excluding hydrogens is 278 g/mol. The fourth-order valence-electron chi connectivity index (χ4n) is 1.81. The Balaban J connectivity index is 2.26. The lowest BCUT2D eigenvalue weighted by atomic mass is 10.1. The second-order valence-corrected chi connectivity index (χ2v) is 6.82. The number of methoxy groups -OCH3 is 1. The largest absolute Gasteiger partial charge is 0.497 e. The zero-order valence-corrected chi connectivity index (χ0v) is 12.2. The van der Waals surface area contributed by atoms with Gasteiger partial charge in [-0.3, -0.25) is 4.68 Å². The van der Waals surface area contributed by atoms with Crippen LogP contribution in [-0.2, 0) is 16.4 Å². The second kappa shape index (κ2) is 5.54. The first kappa shape index (κ1) is 14.4. The molecule has 1 aromatic heterocycles. The van der Waals surface area contributed by atoms with Gasteiger partial charge in [0.2, 0.25) is 0 Å². The van der Waals surface area contributed by atoms with Crippen LogP contribution in [0.1, 0.15) is 0 Å². The van der Waals surface area contributed by atoms with E-state index in [-0.39, 0.29) is 12.3 Å². The molecule has 0 aliphatic rings. The highest BCUT2D eigenvalue weighted by atomic mass is 32.2. The Morgan fingerprint density at radius 3 is 2.80 bits per heavy atom. The molecule has 0 aliphatic carbocycles. The smallest absolute Gasteiger partial charge is 0.149 e. The van der Waals surface area contributed by atoms with Gasteiger partial charge in [0, 0.05) is 18.0 Å². The Labute approximate surface area is 118 Å². The van der Waals surface area contributed by atoms with Crippen molar-refractivity contribution in [2.45, 2.75) is 6.54 Å². The van der Waals surface area contributed by atoms with Crippen LogP contribution in [0.3, 0.4) is 0 Å². The maximum atomic E-state index is 11.2. The molecule has 0 saturated heterocycles. The molecule has 0 bridgehead atoms. The minimum absolute atomic E-state index is 0.0334. The van der Waals surface area contributed by atoms with Crippen molar-refractivity contribution in [1.29, 1.82) is 0 Å². The van der Waals surface area contributed by atoms with Crippen molar-refractivity contribution in [3.05, 3.63) is 30.5 Å². The lowest BCUT2D eigenvalue weighted by Crippen LogP contribution is -2.11. The van der Waals surface area contributed by atoms with Crippen molar-refractivity contribution >= 4 is 15.5 Å². The summed E-state index contributed by atoms with van der Waals surface area (Å²) in [7, 11) is -1.43. The molecule has 0 spiro atoms. The molecule has 2 N–H and O–H groups in total. The fraction of sp³-hybridized carbons (Fsp3) is 0.308. The summed E-state index contributed by atoms with van der Waals surface area (Å²) in [6.07, 6.45) is 2.84. The average molecular weight is 295 g/mol. The summed E-state index contributed by atoms with van der Waals surface area (Å²) in [6.45, 7) is 0.285. The summed E-state index contributed by atoms with van der Waals surface area (Å²) < 4.78 is 29.0. The van der Waals surface area contributed by atoms with Gasteiger partial charge in [-0.15, -0.1) is 0 Å². The molecule has 0 unspecified atom stereocenters. The summed E-state index contributed by atoms with van der Waals surface area (Å²) in [6, 6.07) is 7.39. The van der Waals surface area contributed by atoms with Gasteiger partial charge in [-0.25, -0.2) is 8.42 Å². The number of anilines is 1. The van der Waals surface area contributed by atoms with Gasteiger partial charge in [0.1, 0.15) is 21.3 Å². The number of nitrogens with two attached hydrogens (primary N) is 1. The number of aromatic nitrogens is 2. The van der Waals surface area contributed by atoms with Gasteiger partial charge >= 0.3 is 0 Å². The third-order valence-electron chi connectivity index (χ3n) is 2.82. The van der Waals surface area contributed by atoms with Crippen molar-refractivity contribution in [3.8, 4) is 17.0 Å². The van der Waals surface area contributed by atoms with Gasteiger partial charge < -0.3 is 10.5 Å². The predicted molar refractivity (Wildman–Crippen MR) is 78.3 cm³/mol. The summed E-state index contributed by atoms with van der Waals surface area (Å²) in [4.78, 5) is 0. The van der Waals surface area contributed by atoms with E-state index in [4.69, 9.17) is 10.5 Å². The van der Waals surface area contributed by atoms with E-state index in [1.165, 1.54) is 6.26 Å². The van der Waals surface area contributed by atoms with E-state index >= 15 is 0 Å². The zero-order chi connectivity index (χ0) is 14.8. The van der Waals surface area contributed by atoms with Crippen LogP contribution in [0.15, 0.2) is 30.5 Å². The normalized spacial score (nSPS) is 11.5. The lowest BCUT2D eigenvalue weighted by Gasteiger charge is -2.03. The molecule has 108 valence electrons. The molecule has 0 radical (unpaired) electrons. The third-order valence-corrected chi connectivity index (χ3v) is 3.75. The average Bonchev–Trinajstić information content (AvgIpc) is 2.77. The van der Waals surface area contributed by atoms with Gasteiger partial charge in [-0.05, 0) is 12.1 Å². The maximum absolute atomic E-state index is 11.2. The highest BCUT2D eigenvalue weighted by Gasteiger charge is 2.11. The number of ether oxygens (including phenoxy) is 1. The molecule has 0 atom stereocenters. The summed E-state index contributed by atoms with van der Waals surface area (Å²) in [5, 5.41) is 4.33. The van der Waals surface area contributed by atoms with Crippen LogP contribution in [0.25, 0.3) is 11.3 Å². The number of rotatable bonds is 5. The Kier molecular flexibility index (Phi) is 3.99. The Morgan fingerprint density at radius 2 is 2.15 bits per heavy atom. The highest BCUT2D eigenvalue weighted by molar-refractivity contribution is 7.90. The molecule has 20 heavy (non-hydrogen) atoms. The first-order valence-corrected chi connectivity index (χ1v) is 8.10. The number of hydrogen-bond acceptors (Lipinski definition) is 5. The van der Waals surface area contributed by atoms with Crippen LogP contribution in [0.4, 0.5) is 5.69 Å². The summed E-state index contributed by atoms with van der Waals surface area (Å²) in [5.74, 6) is 0.749. The minimum Gasteiger partial charge on any atom is -0.497 e. The molecule has 7 heteroatoms. The summed E-state index contributed by atoms with van der Waals surface area (Å²) in [5.41, 5.74) is 7.89. The molecule has 0 amide bonds. The van der Waals surface area contributed by atoms with Gasteiger partial charge in [-0.2, -0.15) is 5.10 Å². The van der Waals surface area contributed by atoms with E-state index < -0.39 is 9.84 Å². The number of aryl methyl sites for hydroxylation is 1. The van der Waals surface area contributed by atoms with Crippen LogP contribution < -0.4 is 10.5 Å². The third kappa shape index (κ3) is 3.51. The summed E-state index contributed by atoms with van der Waals surface area (Å²) >= 11 is 0. The van der Waals surface area contributed by atoms with Crippen molar-refractivity contribution in [3.63, 3.8) is 0 Å². The number of hydrogen-bond donors (Lipinski definition) is 1. The molecule has 2 rings (SSSR count). The maximum Gasteiger partial charge on any atom is 0.149 e. The number of nitrogens with zero attached hydrogens (tertiary/aromatic N) is 2. The Hall–Kier alpha value is -2.02. The van der Waals surface area contributed by atoms with Crippen molar-refractivity contribution in [2.24, 2.45) is 0 Å². The van der Waals surface area contributed by atoms with E-state index in [0.29, 0.717) is 17.1 Å². The fourth-order valence-corrected chi connectivity index (χ4v) is 2.32. The molecule has 0 saturated carbocycles. The SMILES string of the molecule is COc1cccc(-c2nn(CCS(C)(=O)=O)cc2N)c1. The molecule has 2 aromatic rings. The van der Waals surface area contributed by atoms with Gasteiger partial charge in [0.15, 0.2) is 0 Å². The first-order valence-electron chi connectivity index (χ1n) is 6.04. The number of benzene rings is 1. The number of nitrogen functional groups attached to an aromatic ring is 1. The van der Waals surface area contributed by atoms with Crippen LogP contribution in [0.5, 0.6) is 5.75 Å². The van der Waals surface area contributed by atoms with Crippen molar-refractivity contribution in [1.82, 2.24) is 9.78 Å². The monoisotopic (exact) mass is 295 g/mol. The molecule has 1 aromatic carbocycles. The second-order valence-electron chi connectivity index (χ2n) is 4.56.